The van der Waals surface area contributed by atoms with Gasteiger partial charge in [0, 0.05) is 19.3 Å². The van der Waals surface area contributed by atoms with E-state index in [0.717, 1.165) is 122 Å². The first kappa shape index (κ1) is 73.1. The molecule has 0 saturated carbocycles. The summed E-state index contributed by atoms with van der Waals surface area (Å²) in [6.45, 7) is 6.41. The zero-order valence-electron chi connectivity index (χ0n) is 50.4. The van der Waals surface area contributed by atoms with Crippen molar-refractivity contribution in [1.29, 1.82) is 0 Å². The van der Waals surface area contributed by atoms with E-state index in [4.69, 9.17) is 14.2 Å². The zero-order chi connectivity index (χ0) is 55.7. The minimum atomic E-state index is -0.782. The normalized spacial score (nSPS) is 12.8. The van der Waals surface area contributed by atoms with Crippen LogP contribution in [0, 0.1) is 0 Å². The highest BCUT2D eigenvalue weighted by Crippen LogP contribution is 2.16. The van der Waals surface area contributed by atoms with Gasteiger partial charge in [0.2, 0.25) is 0 Å². The maximum absolute atomic E-state index is 12.9. The highest BCUT2D eigenvalue weighted by Gasteiger charge is 2.19. The molecule has 0 aliphatic carbocycles. The number of carbonyl (C=O) groups excluding carboxylic acids is 3. The summed E-state index contributed by atoms with van der Waals surface area (Å²) in [6.07, 6.45) is 88.2. The van der Waals surface area contributed by atoms with Crippen molar-refractivity contribution in [3.05, 3.63) is 109 Å². The van der Waals surface area contributed by atoms with Crippen molar-refractivity contribution in [3.63, 3.8) is 0 Å². The van der Waals surface area contributed by atoms with E-state index in [2.05, 4.69) is 130 Å². The van der Waals surface area contributed by atoms with Gasteiger partial charge in [-0.3, -0.25) is 14.4 Å². The smallest absolute Gasteiger partial charge is 0.306 e. The molecule has 0 heterocycles. The van der Waals surface area contributed by atoms with Crippen molar-refractivity contribution in [3.8, 4) is 0 Å². The fraction of sp³-hybridized carbons (Fsp3) is 0.704. The summed E-state index contributed by atoms with van der Waals surface area (Å²) in [5, 5.41) is 0. The van der Waals surface area contributed by atoms with E-state index >= 15 is 0 Å². The third-order valence-corrected chi connectivity index (χ3v) is 13.8. The molecule has 1 unspecified atom stereocenters. The van der Waals surface area contributed by atoms with E-state index in [1.54, 1.807) is 0 Å². The lowest BCUT2D eigenvalue weighted by atomic mass is 10.0. The molecule has 0 saturated heterocycles. The topological polar surface area (TPSA) is 78.9 Å². The second-order valence-electron chi connectivity index (χ2n) is 21.3. The molecule has 6 nitrogen and oxygen atoms in total. The SMILES string of the molecule is CC/C=C\C/C=C\C/C=C\C/C=C\C/C=C\CCCCCCCCCCCCCCCC(=O)OCC(COC(=O)CCCCCCCCCCC)OC(=O)CCCCCCCCCC/C=C\C/C=C\C/C=C\C/C=C\CC. The van der Waals surface area contributed by atoms with Gasteiger partial charge in [0.05, 0.1) is 0 Å². The molecule has 0 aliphatic heterocycles. The van der Waals surface area contributed by atoms with Crippen LogP contribution in [-0.4, -0.2) is 37.2 Å². The van der Waals surface area contributed by atoms with Crippen LogP contribution in [-0.2, 0) is 28.6 Å². The van der Waals surface area contributed by atoms with Crippen molar-refractivity contribution < 1.29 is 28.6 Å². The van der Waals surface area contributed by atoms with E-state index in [9.17, 15) is 14.4 Å². The van der Waals surface area contributed by atoms with Gasteiger partial charge in [-0.2, -0.15) is 0 Å². The van der Waals surface area contributed by atoms with E-state index in [0.29, 0.717) is 19.3 Å². The fourth-order valence-electron chi connectivity index (χ4n) is 8.99. The van der Waals surface area contributed by atoms with Gasteiger partial charge >= 0.3 is 17.9 Å². The summed E-state index contributed by atoms with van der Waals surface area (Å²) in [7, 11) is 0. The standard InChI is InChI=1S/C71H120O6/c1-4-7-10-13-16-19-21-23-25-27-29-31-32-33-34-35-36-37-38-40-41-43-45-47-49-52-55-58-61-64-70(73)76-67-68(66-75-69(72)63-60-57-54-51-18-15-12-9-6-3)77-71(74)65-62-59-56-53-50-48-46-44-42-39-30-28-26-24-22-20-17-14-11-8-5-2/h7-8,10-11,16-17,19-20,23-26,29-31,33-34,39,68H,4-6,9,12-15,18,21-22,27-28,32,35-38,40-67H2,1-3H3/b10-7-,11-8-,19-16-,20-17-,25-23-,26-24-,31-29-,34-33-,39-30-. The Balaban J connectivity index is 4.20. The van der Waals surface area contributed by atoms with Gasteiger partial charge < -0.3 is 14.2 Å². The largest absolute Gasteiger partial charge is 0.462 e. The van der Waals surface area contributed by atoms with Gasteiger partial charge in [-0.15, -0.1) is 0 Å². The molecule has 0 aromatic heterocycles. The first-order valence-corrected chi connectivity index (χ1v) is 32.4. The third kappa shape index (κ3) is 62.8. The predicted octanol–water partition coefficient (Wildman–Crippen LogP) is 22.2. The zero-order valence-corrected chi connectivity index (χ0v) is 50.4. The molecule has 440 valence electrons. The Hall–Kier alpha value is -3.93. The minimum absolute atomic E-state index is 0.0794. The van der Waals surface area contributed by atoms with Crippen LogP contribution >= 0.6 is 0 Å². The van der Waals surface area contributed by atoms with Crippen LogP contribution in [0.3, 0.4) is 0 Å². The average Bonchev–Trinajstić information content (AvgIpc) is 3.43. The summed E-state index contributed by atoms with van der Waals surface area (Å²) in [4.78, 5) is 38.2. The van der Waals surface area contributed by atoms with Crippen LogP contribution in [0.25, 0.3) is 0 Å². The Labute approximate surface area is 476 Å². The molecule has 0 bridgehead atoms. The molecule has 0 fully saturated rings. The Bertz CT molecular complexity index is 1560. The summed E-state index contributed by atoms with van der Waals surface area (Å²) >= 11 is 0. The lowest BCUT2D eigenvalue weighted by Gasteiger charge is -2.18. The molecule has 0 aromatic rings. The molecule has 77 heavy (non-hydrogen) atoms. The Morgan fingerprint density at radius 2 is 0.506 bits per heavy atom. The summed E-state index contributed by atoms with van der Waals surface area (Å²) < 4.78 is 16.9. The Kier molecular flexibility index (Phi) is 61.3. The third-order valence-electron chi connectivity index (χ3n) is 13.8. The first-order chi connectivity index (χ1) is 38.0. The van der Waals surface area contributed by atoms with E-state index in [-0.39, 0.29) is 31.1 Å². The average molecular weight is 1070 g/mol. The Morgan fingerprint density at radius 3 is 0.792 bits per heavy atom. The minimum Gasteiger partial charge on any atom is -0.462 e. The van der Waals surface area contributed by atoms with E-state index in [1.807, 2.05) is 0 Å². The molecule has 0 spiro atoms. The van der Waals surface area contributed by atoms with E-state index < -0.39 is 6.10 Å². The van der Waals surface area contributed by atoms with Crippen LogP contribution in [0.15, 0.2) is 109 Å². The van der Waals surface area contributed by atoms with Crippen LogP contribution in [0.4, 0.5) is 0 Å². The molecule has 0 amide bonds. The van der Waals surface area contributed by atoms with Crippen molar-refractivity contribution >= 4 is 17.9 Å². The maximum atomic E-state index is 12.9. The van der Waals surface area contributed by atoms with Gasteiger partial charge in [0.1, 0.15) is 13.2 Å². The number of hydrogen-bond donors (Lipinski definition) is 0. The van der Waals surface area contributed by atoms with Crippen LogP contribution < -0.4 is 0 Å². The number of allylic oxidation sites excluding steroid dienone is 18. The van der Waals surface area contributed by atoms with Crippen molar-refractivity contribution in [1.82, 2.24) is 0 Å². The molecule has 0 radical (unpaired) electrons. The maximum Gasteiger partial charge on any atom is 0.306 e. The van der Waals surface area contributed by atoms with Crippen molar-refractivity contribution in [2.24, 2.45) is 0 Å². The molecule has 0 N–H and O–H groups in total. The van der Waals surface area contributed by atoms with Crippen molar-refractivity contribution in [2.75, 3.05) is 13.2 Å². The quantitative estimate of drug-likeness (QED) is 0.0261. The number of unbranched alkanes of at least 4 members (excludes halogenated alkanes) is 29. The number of esters is 3. The van der Waals surface area contributed by atoms with Gasteiger partial charge in [0.25, 0.3) is 0 Å². The van der Waals surface area contributed by atoms with E-state index in [1.165, 1.54) is 141 Å². The van der Waals surface area contributed by atoms with Crippen molar-refractivity contribution in [2.45, 2.75) is 309 Å². The predicted molar refractivity (Wildman–Crippen MR) is 334 cm³/mol. The number of carbonyl (C=O) groups is 3. The first-order valence-electron chi connectivity index (χ1n) is 32.4. The molecule has 0 aromatic carbocycles. The molecule has 1 atom stereocenters. The van der Waals surface area contributed by atoms with Gasteiger partial charge in [-0.1, -0.05) is 291 Å². The monoisotopic (exact) mass is 1070 g/mol. The second kappa shape index (κ2) is 64.6. The highest BCUT2D eigenvalue weighted by atomic mass is 16.6. The molecule has 0 aliphatic rings. The molecule has 6 heteroatoms. The number of rotatable bonds is 58. The summed E-state index contributed by atoms with van der Waals surface area (Å²) in [6, 6.07) is 0. The van der Waals surface area contributed by atoms with Crippen LogP contribution in [0.2, 0.25) is 0 Å². The van der Waals surface area contributed by atoms with Gasteiger partial charge in [-0.05, 0) is 103 Å². The lowest BCUT2D eigenvalue weighted by molar-refractivity contribution is -0.167. The molecule has 0 rings (SSSR count). The van der Waals surface area contributed by atoms with Gasteiger partial charge in [-0.25, -0.2) is 0 Å². The van der Waals surface area contributed by atoms with Crippen LogP contribution in [0.1, 0.15) is 303 Å². The van der Waals surface area contributed by atoms with Gasteiger partial charge in [0.15, 0.2) is 6.10 Å². The second-order valence-corrected chi connectivity index (χ2v) is 21.3. The molecular weight excluding hydrogens is 949 g/mol. The Morgan fingerprint density at radius 1 is 0.273 bits per heavy atom. The summed E-state index contributed by atoms with van der Waals surface area (Å²) in [5.74, 6) is -0.883. The highest BCUT2D eigenvalue weighted by molar-refractivity contribution is 5.71. The van der Waals surface area contributed by atoms with Crippen LogP contribution in [0.5, 0.6) is 0 Å². The number of hydrogen-bond acceptors (Lipinski definition) is 6. The number of ether oxygens (including phenoxy) is 3. The summed E-state index contributed by atoms with van der Waals surface area (Å²) in [5.41, 5.74) is 0. The lowest BCUT2D eigenvalue weighted by Crippen LogP contribution is -2.30. The molecular formula is C71H120O6. The fourth-order valence-corrected chi connectivity index (χ4v) is 8.99.